The molecule has 2 aliphatic rings. The number of carbonyl (C=O) groups excluding carboxylic acids is 1. The zero-order valence-electron chi connectivity index (χ0n) is 14.6. The number of sulfonamides is 1. The van der Waals surface area contributed by atoms with Gasteiger partial charge in [-0.1, -0.05) is 6.92 Å². The van der Waals surface area contributed by atoms with E-state index in [1.807, 2.05) is 4.90 Å². The van der Waals surface area contributed by atoms with E-state index < -0.39 is 10.0 Å². The molecule has 138 valence electrons. The van der Waals surface area contributed by atoms with Crippen molar-refractivity contribution in [2.24, 2.45) is 0 Å². The van der Waals surface area contributed by atoms with Gasteiger partial charge in [0.05, 0.1) is 10.5 Å². The van der Waals surface area contributed by atoms with Crippen molar-refractivity contribution in [1.29, 1.82) is 0 Å². The summed E-state index contributed by atoms with van der Waals surface area (Å²) < 4.78 is 27.8. The maximum atomic E-state index is 13.1. The molecule has 1 atom stereocenters. The normalized spacial score (nSPS) is 22.3. The van der Waals surface area contributed by atoms with Gasteiger partial charge in [-0.3, -0.25) is 4.79 Å². The van der Waals surface area contributed by atoms with Crippen molar-refractivity contribution >= 4 is 31.9 Å². The van der Waals surface area contributed by atoms with E-state index in [4.69, 9.17) is 0 Å². The summed E-state index contributed by atoms with van der Waals surface area (Å²) >= 11 is 3.43. The van der Waals surface area contributed by atoms with Crippen LogP contribution in [0.25, 0.3) is 0 Å². The minimum Gasteiger partial charge on any atom is -0.336 e. The van der Waals surface area contributed by atoms with Crippen LogP contribution in [0.15, 0.2) is 27.6 Å². The number of hydrogen-bond donors (Lipinski definition) is 0. The summed E-state index contributed by atoms with van der Waals surface area (Å²) in [5.74, 6) is -0.0723. The summed E-state index contributed by atoms with van der Waals surface area (Å²) in [6.07, 6.45) is 5.89. The third kappa shape index (κ3) is 3.78. The van der Waals surface area contributed by atoms with E-state index in [9.17, 15) is 13.2 Å². The summed E-state index contributed by atoms with van der Waals surface area (Å²) in [7, 11) is -3.52. The second kappa shape index (κ2) is 7.76. The smallest absolute Gasteiger partial charge is 0.255 e. The molecule has 7 heteroatoms. The summed E-state index contributed by atoms with van der Waals surface area (Å²) in [4.78, 5) is 15.2. The van der Waals surface area contributed by atoms with Gasteiger partial charge in [0, 0.05) is 30.1 Å². The molecule has 1 aromatic carbocycles. The fourth-order valence-electron chi connectivity index (χ4n) is 3.75. The highest BCUT2D eigenvalue weighted by molar-refractivity contribution is 9.10. The highest BCUT2D eigenvalue weighted by Gasteiger charge is 2.31. The Kier molecular flexibility index (Phi) is 5.85. The van der Waals surface area contributed by atoms with E-state index in [-0.39, 0.29) is 16.8 Å². The van der Waals surface area contributed by atoms with Crippen LogP contribution in [-0.4, -0.2) is 49.2 Å². The molecule has 2 saturated heterocycles. The zero-order chi connectivity index (χ0) is 18.0. The first-order chi connectivity index (χ1) is 11.9. The molecule has 3 rings (SSSR count). The molecule has 1 unspecified atom stereocenters. The maximum absolute atomic E-state index is 13.1. The van der Waals surface area contributed by atoms with Gasteiger partial charge >= 0.3 is 0 Å². The number of piperidine rings is 1. The predicted molar refractivity (Wildman–Crippen MR) is 101 cm³/mol. The number of carbonyl (C=O) groups is 1. The Hall–Kier alpha value is -0.920. The molecule has 5 nitrogen and oxygen atoms in total. The van der Waals surface area contributed by atoms with Crippen molar-refractivity contribution in [2.75, 3.05) is 19.6 Å². The summed E-state index contributed by atoms with van der Waals surface area (Å²) in [6, 6.07) is 5.05. The van der Waals surface area contributed by atoms with E-state index in [2.05, 4.69) is 22.9 Å². The third-order valence-corrected chi connectivity index (χ3v) is 7.82. The van der Waals surface area contributed by atoms with Crippen LogP contribution in [0.5, 0.6) is 0 Å². The van der Waals surface area contributed by atoms with Crippen LogP contribution < -0.4 is 0 Å². The number of likely N-dealkylation sites (tertiary alicyclic amines) is 1. The van der Waals surface area contributed by atoms with E-state index in [0.717, 1.165) is 45.1 Å². The van der Waals surface area contributed by atoms with Crippen LogP contribution in [0.3, 0.4) is 0 Å². The predicted octanol–water partition coefficient (Wildman–Crippen LogP) is 3.64. The lowest BCUT2D eigenvalue weighted by Crippen LogP contribution is -2.43. The molecule has 0 aromatic heterocycles. The van der Waals surface area contributed by atoms with E-state index in [1.165, 1.54) is 4.31 Å². The van der Waals surface area contributed by atoms with Gasteiger partial charge in [0.2, 0.25) is 10.0 Å². The second-order valence-electron chi connectivity index (χ2n) is 6.81. The first-order valence-electron chi connectivity index (χ1n) is 9.06. The molecular weight excluding hydrogens is 404 g/mol. The molecule has 2 heterocycles. The van der Waals surface area contributed by atoms with Gasteiger partial charge in [-0.25, -0.2) is 8.42 Å². The highest BCUT2D eigenvalue weighted by Crippen LogP contribution is 2.29. The number of rotatable bonds is 4. The van der Waals surface area contributed by atoms with Gasteiger partial charge in [-0.2, -0.15) is 4.31 Å². The fraction of sp³-hybridized carbons (Fsp3) is 0.611. The monoisotopic (exact) mass is 428 g/mol. The largest absolute Gasteiger partial charge is 0.336 e. The first kappa shape index (κ1) is 18.9. The Morgan fingerprint density at radius 3 is 2.52 bits per heavy atom. The molecule has 0 radical (unpaired) electrons. The average molecular weight is 429 g/mol. The topological polar surface area (TPSA) is 57.7 Å². The van der Waals surface area contributed by atoms with Crippen LogP contribution in [0.1, 0.15) is 55.8 Å². The van der Waals surface area contributed by atoms with Gasteiger partial charge in [-0.05, 0) is 72.7 Å². The van der Waals surface area contributed by atoms with Crippen molar-refractivity contribution < 1.29 is 13.2 Å². The molecule has 0 aliphatic carbocycles. The van der Waals surface area contributed by atoms with E-state index in [1.54, 1.807) is 18.2 Å². The highest BCUT2D eigenvalue weighted by atomic mass is 79.9. The maximum Gasteiger partial charge on any atom is 0.255 e. The fourth-order valence-corrected chi connectivity index (χ4v) is 5.71. The third-order valence-electron chi connectivity index (χ3n) is 5.23. The van der Waals surface area contributed by atoms with E-state index >= 15 is 0 Å². The van der Waals surface area contributed by atoms with Crippen molar-refractivity contribution in [1.82, 2.24) is 9.21 Å². The Balaban J connectivity index is 1.92. The number of halogens is 1. The molecule has 0 saturated carbocycles. The second-order valence-corrected chi connectivity index (χ2v) is 9.60. The minimum atomic E-state index is -3.52. The SMILES string of the molecule is CCC1CCCCN1C(=O)c1cc(S(=O)(=O)N2CCCC2)ccc1Br. The number of hydrogen-bond acceptors (Lipinski definition) is 3. The molecule has 25 heavy (non-hydrogen) atoms. The minimum absolute atomic E-state index is 0.0723. The number of benzene rings is 1. The Bertz CT molecular complexity index is 745. The van der Waals surface area contributed by atoms with Crippen LogP contribution in [-0.2, 0) is 10.0 Å². The van der Waals surface area contributed by atoms with Crippen molar-refractivity contribution in [3.05, 3.63) is 28.2 Å². The average Bonchev–Trinajstić information content (AvgIpc) is 3.17. The molecule has 2 aliphatic heterocycles. The van der Waals surface area contributed by atoms with E-state index in [0.29, 0.717) is 23.1 Å². The van der Waals surface area contributed by atoms with Crippen LogP contribution in [0.2, 0.25) is 0 Å². The molecule has 1 amide bonds. The Labute approximate surface area is 158 Å². The van der Waals surface area contributed by atoms with Crippen molar-refractivity contribution in [2.45, 2.75) is 56.4 Å². The Morgan fingerprint density at radius 2 is 1.84 bits per heavy atom. The van der Waals surface area contributed by atoms with Crippen LogP contribution >= 0.6 is 15.9 Å². The summed E-state index contributed by atoms with van der Waals surface area (Å²) in [6.45, 7) is 3.96. The summed E-state index contributed by atoms with van der Waals surface area (Å²) in [5.41, 5.74) is 0.445. The number of nitrogens with zero attached hydrogens (tertiary/aromatic N) is 2. The number of amides is 1. The van der Waals surface area contributed by atoms with Gasteiger partial charge in [0.1, 0.15) is 0 Å². The van der Waals surface area contributed by atoms with Gasteiger partial charge in [0.15, 0.2) is 0 Å². The van der Waals surface area contributed by atoms with Gasteiger partial charge in [-0.15, -0.1) is 0 Å². The lowest BCUT2D eigenvalue weighted by Gasteiger charge is -2.35. The molecule has 2 fully saturated rings. The van der Waals surface area contributed by atoms with Crippen molar-refractivity contribution in [3.63, 3.8) is 0 Å². The van der Waals surface area contributed by atoms with Gasteiger partial charge in [0.25, 0.3) is 5.91 Å². The van der Waals surface area contributed by atoms with Crippen molar-refractivity contribution in [3.8, 4) is 0 Å². The quantitative estimate of drug-likeness (QED) is 0.735. The molecule has 0 bridgehead atoms. The molecule has 0 N–H and O–H groups in total. The first-order valence-corrected chi connectivity index (χ1v) is 11.3. The standard InChI is InChI=1S/C18H25BrN2O3S/c1-2-14-7-3-4-12-21(14)18(22)16-13-15(8-9-17(16)19)25(23,24)20-10-5-6-11-20/h8-9,13-14H,2-7,10-12H2,1H3. The summed E-state index contributed by atoms with van der Waals surface area (Å²) in [5, 5.41) is 0. The molecule has 1 aromatic rings. The van der Waals surface area contributed by atoms with Crippen LogP contribution in [0.4, 0.5) is 0 Å². The Morgan fingerprint density at radius 1 is 1.16 bits per heavy atom. The zero-order valence-corrected chi connectivity index (χ0v) is 17.0. The van der Waals surface area contributed by atoms with Gasteiger partial charge < -0.3 is 4.90 Å². The molecule has 0 spiro atoms. The lowest BCUT2D eigenvalue weighted by molar-refractivity contribution is 0.0607. The lowest BCUT2D eigenvalue weighted by atomic mass is 9.99. The molecular formula is C18H25BrN2O3S. The van der Waals surface area contributed by atoms with Crippen LogP contribution in [0, 0.1) is 0 Å².